The first kappa shape index (κ1) is 51.8. The van der Waals surface area contributed by atoms with Crippen LogP contribution in [0, 0.1) is 0 Å². The van der Waals surface area contributed by atoms with Gasteiger partial charge in [0.25, 0.3) is 0 Å². The summed E-state index contributed by atoms with van der Waals surface area (Å²) >= 11 is 0. The molecule has 1 unspecified atom stereocenters. The first-order valence-electron chi connectivity index (χ1n) is 23.0. The maximum atomic E-state index is 12.2. The Bertz CT molecular complexity index is 927. The fraction of sp³-hybridized carbons (Fsp3) is 0.740. The van der Waals surface area contributed by atoms with Crippen molar-refractivity contribution >= 4 is 5.97 Å². The second-order valence-electron chi connectivity index (χ2n) is 15.1. The largest absolute Gasteiger partial charge is 0.457 e. The molecule has 0 radical (unpaired) electrons. The number of carbonyl (C=O) groups is 1. The molecule has 312 valence electrons. The van der Waals surface area contributed by atoms with Crippen LogP contribution in [0.25, 0.3) is 0 Å². The van der Waals surface area contributed by atoms with Gasteiger partial charge < -0.3 is 14.6 Å². The first-order valence-corrected chi connectivity index (χ1v) is 23.0. The van der Waals surface area contributed by atoms with Crippen LogP contribution in [-0.4, -0.2) is 37.0 Å². The summed E-state index contributed by atoms with van der Waals surface area (Å²) in [6.45, 7) is 5.21. The predicted octanol–water partition coefficient (Wildman–Crippen LogP) is 15.4. The summed E-state index contributed by atoms with van der Waals surface area (Å²) in [7, 11) is 0. The molecule has 0 bridgehead atoms. The van der Waals surface area contributed by atoms with Crippen molar-refractivity contribution < 1.29 is 19.4 Å². The highest BCUT2D eigenvalue weighted by atomic mass is 16.6. The normalized spacial score (nSPS) is 13.0. The Labute approximate surface area is 336 Å². The number of aliphatic hydroxyl groups is 1. The molecule has 0 saturated heterocycles. The Morgan fingerprint density at radius 3 is 1.26 bits per heavy atom. The lowest BCUT2D eigenvalue weighted by atomic mass is 10.0. The first-order chi connectivity index (χ1) is 26.7. The summed E-state index contributed by atoms with van der Waals surface area (Å²) in [5, 5.41) is 9.63. The summed E-state index contributed by atoms with van der Waals surface area (Å²) in [5.74, 6) is -0.209. The van der Waals surface area contributed by atoms with Gasteiger partial charge in [-0.25, -0.2) is 0 Å². The topological polar surface area (TPSA) is 55.8 Å². The maximum absolute atomic E-state index is 12.2. The molecule has 4 nitrogen and oxygen atoms in total. The molecule has 0 heterocycles. The molecular weight excluding hydrogens is 665 g/mol. The number of unbranched alkanes of at least 4 members (excludes halogenated alkanes) is 22. The van der Waals surface area contributed by atoms with E-state index in [9.17, 15) is 9.90 Å². The molecule has 0 aromatic rings. The summed E-state index contributed by atoms with van der Waals surface area (Å²) in [4.78, 5) is 12.2. The van der Waals surface area contributed by atoms with Gasteiger partial charge in [-0.15, -0.1) is 0 Å². The van der Waals surface area contributed by atoms with Gasteiger partial charge in [0, 0.05) is 13.0 Å². The van der Waals surface area contributed by atoms with E-state index in [1.165, 1.54) is 141 Å². The fourth-order valence-corrected chi connectivity index (χ4v) is 6.35. The number of allylic oxidation sites excluding steroid dienone is 12. The summed E-state index contributed by atoms with van der Waals surface area (Å²) < 4.78 is 11.2. The Morgan fingerprint density at radius 2 is 0.833 bits per heavy atom. The van der Waals surface area contributed by atoms with Crippen molar-refractivity contribution in [3.8, 4) is 0 Å². The lowest BCUT2D eigenvalue weighted by Gasteiger charge is -2.16. The van der Waals surface area contributed by atoms with Gasteiger partial charge >= 0.3 is 5.97 Å². The zero-order valence-corrected chi connectivity index (χ0v) is 35.7. The molecule has 4 heteroatoms. The van der Waals surface area contributed by atoms with Crippen LogP contribution in [0.4, 0.5) is 0 Å². The summed E-state index contributed by atoms with van der Waals surface area (Å²) in [6, 6.07) is 0. The van der Waals surface area contributed by atoms with Gasteiger partial charge in [0.1, 0.15) is 6.10 Å². The lowest BCUT2D eigenvalue weighted by Crippen LogP contribution is -2.27. The van der Waals surface area contributed by atoms with Crippen LogP contribution in [-0.2, 0) is 14.3 Å². The van der Waals surface area contributed by atoms with E-state index in [2.05, 4.69) is 86.8 Å². The standard InChI is InChI=1S/C50H88O4/c1-3-5-7-9-11-13-15-17-19-21-23-24-25-26-27-29-31-33-35-37-39-41-43-45-50(52)54-49(47-51)48-53-46-44-42-40-38-36-34-32-30-28-22-20-18-16-14-12-10-8-6-4-2/h5,7,11,13-14,16-17,19-20,22-24,49,51H,3-4,6,8-10,12,15,18,21,25-48H2,1-2H3/b7-5-,13-11-,16-14-,19-17-,22-20-,24-23-. The molecule has 0 fully saturated rings. The molecule has 0 aromatic heterocycles. The molecule has 0 aliphatic heterocycles. The lowest BCUT2D eigenvalue weighted by molar-refractivity contribution is -0.154. The van der Waals surface area contributed by atoms with E-state index in [1.807, 2.05) is 0 Å². The van der Waals surface area contributed by atoms with Gasteiger partial charge in [-0.1, -0.05) is 196 Å². The van der Waals surface area contributed by atoms with E-state index >= 15 is 0 Å². The van der Waals surface area contributed by atoms with Gasteiger partial charge in [-0.05, 0) is 83.5 Å². The summed E-state index contributed by atoms with van der Waals surface area (Å²) in [6.07, 6.45) is 64.0. The molecule has 0 rings (SSSR count). The average Bonchev–Trinajstić information content (AvgIpc) is 3.18. The quantitative estimate of drug-likeness (QED) is 0.0383. The van der Waals surface area contributed by atoms with Crippen molar-refractivity contribution in [1.29, 1.82) is 0 Å². The molecule has 0 amide bonds. The second kappa shape index (κ2) is 47.0. The zero-order chi connectivity index (χ0) is 39.1. The van der Waals surface area contributed by atoms with Crippen molar-refractivity contribution in [3.63, 3.8) is 0 Å². The number of ether oxygens (including phenoxy) is 2. The molecule has 1 atom stereocenters. The van der Waals surface area contributed by atoms with Gasteiger partial charge in [-0.3, -0.25) is 4.79 Å². The van der Waals surface area contributed by atoms with Crippen molar-refractivity contribution in [2.45, 2.75) is 219 Å². The minimum Gasteiger partial charge on any atom is -0.457 e. The number of aliphatic hydroxyl groups excluding tert-OH is 1. The molecule has 0 aliphatic rings. The van der Waals surface area contributed by atoms with E-state index in [0.29, 0.717) is 13.0 Å². The van der Waals surface area contributed by atoms with Crippen LogP contribution in [0.3, 0.4) is 0 Å². The second-order valence-corrected chi connectivity index (χ2v) is 15.1. The number of hydrogen-bond acceptors (Lipinski definition) is 4. The Hall–Kier alpha value is -2.17. The Balaban J connectivity index is 3.46. The molecule has 54 heavy (non-hydrogen) atoms. The van der Waals surface area contributed by atoms with Crippen molar-refractivity contribution in [2.75, 3.05) is 19.8 Å². The smallest absolute Gasteiger partial charge is 0.306 e. The van der Waals surface area contributed by atoms with E-state index < -0.39 is 6.10 Å². The van der Waals surface area contributed by atoms with Crippen LogP contribution in [0.1, 0.15) is 213 Å². The SMILES string of the molecule is CC/C=C\C/C=C\C/C=C\C/C=C\CCCCCCCCCCCCC(=O)OC(CO)COCCCCCCCCCC/C=C\C/C=C\CCCCCC. The number of carbonyl (C=O) groups excluding carboxylic acids is 1. The predicted molar refractivity (Wildman–Crippen MR) is 237 cm³/mol. The minimum absolute atomic E-state index is 0.178. The maximum Gasteiger partial charge on any atom is 0.306 e. The van der Waals surface area contributed by atoms with Crippen LogP contribution < -0.4 is 0 Å². The van der Waals surface area contributed by atoms with Gasteiger partial charge in [0.2, 0.25) is 0 Å². The fourth-order valence-electron chi connectivity index (χ4n) is 6.35. The molecule has 0 aliphatic carbocycles. The molecule has 0 spiro atoms. The Morgan fingerprint density at radius 1 is 0.463 bits per heavy atom. The third kappa shape index (κ3) is 44.2. The molecule has 0 saturated carbocycles. The van der Waals surface area contributed by atoms with E-state index in [4.69, 9.17) is 9.47 Å². The van der Waals surface area contributed by atoms with E-state index in [-0.39, 0.29) is 19.2 Å². The third-order valence-electron chi connectivity index (χ3n) is 9.77. The molecule has 0 aromatic carbocycles. The number of rotatable bonds is 42. The van der Waals surface area contributed by atoms with E-state index in [1.54, 1.807) is 0 Å². The van der Waals surface area contributed by atoms with Crippen molar-refractivity contribution in [2.24, 2.45) is 0 Å². The van der Waals surface area contributed by atoms with Gasteiger partial charge in [0.05, 0.1) is 13.2 Å². The van der Waals surface area contributed by atoms with Crippen LogP contribution in [0.2, 0.25) is 0 Å². The van der Waals surface area contributed by atoms with Crippen LogP contribution in [0.5, 0.6) is 0 Å². The van der Waals surface area contributed by atoms with Crippen molar-refractivity contribution in [3.05, 3.63) is 72.9 Å². The van der Waals surface area contributed by atoms with Gasteiger partial charge in [-0.2, -0.15) is 0 Å². The number of hydrogen-bond donors (Lipinski definition) is 1. The third-order valence-corrected chi connectivity index (χ3v) is 9.77. The molecular formula is C50H88O4. The van der Waals surface area contributed by atoms with Crippen LogP contribution in [0.15, 0.2) is 72.9 Å². The van der Waals surface area contributed by atoms with Crippen LogP contribution >= 0.6 is 0 Å². The van der Waals surface area contributed by atoms with Gasteiger partial charge in [0.15, 0.2) is 0 Å². The molecule has 1 N–H and O–H groups in total. The highest BCUT2D eigenvalue weighted by molar-refractivity contribution is 5.69. The van der Waals surface area contributed by atoms with E-state index in [0.717, 1.165) is 51.4 Å². The average molecular weight is 753 g/mol. The zero-order valence-electron chi connectivity index (χ0n) is 35.7. The monoisotopic (exact) mass is 753 g/mol. The highest BCUT2D eigenvalue weighted by Crippen LogP contribution is 2.14. The highest BCUT2D eigenvalue weighted by Gasteiger charge is 2.13. The Kier molecular flexibility index (Phi) is 45.1. The van der Waals surface area contributed by atoms with Crippen molar-refractivity contribution in [1.82, 2.24) is 0 Å². The summed E-state index contributed by atoms with van der Waals surface area (Å²) in [5.41, 5.74) is 0. The number of esters is 1. The minimum atomic E-state index is -0.543.